The Bertz CT molecular complexity index is 927. The molecule has 1 aromatic heterocycles. The number of anilines is 3. The van der Waals surface area contributed by atoms with Crippen LogP contribution in [0.4, 0.5) is 17.1 Å². The van der Waals surface area contributed by atoms with Crippen molar-refractivity contribution in [2.45, 2.75) is 6.92 Å². The number of pyridine rings is 1. The highest BCUT2D eigenvalue weighted by atomic mass is 35.5. The molecule has 0 aliphatic heterocycles. The van der Waals surface area contributed by atoms with Crippen molar-refractivity contribution in [2.24, 2.45) is 0 Å². The molecule has 26 heavy (non-hydrogen) atoms. The molecule has 1 amide bonds. The maximum absolute atomic E-state index is 12.3. The lowest BCUT2D eigenvalue weighted by atomic mass is 10.2. The molecule has 0 spiro atoms. The lowest BCUT2D eigenvalue weighted by Gasteiger charge is -2.09. The maximum Gasteiger partial charge on any atom is 0.274 e. The monoisotopic (exact) mass is 367 g/mol. The van der Waals surface area contributed by atoms with Gasteiger partial charge in [0.15, 0.2) is 0 Å². The van der Waals surface area contributed by atoms with Crippen LogP contribution in [-0.2, 0) is 0 Å². The highest BCUT2D eigenvalue weighted by molar-refractivity contribution is 6.32. The molecule has 0 fully saturated rings. The van der Waals surface area contributed by atoms with Gasteiger partial charge in [-0.3, -0.25) is 4.79 Å². The molecule has 0 aliphatic carbocycles. The predicted octanol–water partition coefficient (Wildman–Crippen LogP) is 5.05. The lowest BCUT2D eigenvalue weighted by Crippen LogP contribution is -2.13. The van der Waals surface area contributed by atoms with E-state index in [0.717, 1.165) is 22.6 Å². The minimum atomic E-state index is -0.255. The van der Waals surface area contributed by atoms with Crippen LogP contribution < -0.4 is 15.4 Å². The van der Waals surface area contributed by atoms with Gasteiger partial charge in [-0.25, -0.2) is 4.98 Å². The number of ether oxygens (including phenoxy) is 1. The first-order valence-corrected chi connectivity index (χ1v) is 8.37. The first-order valence-electron chi connectivity index (χ1n) is 8.00. The zero-order valence-corrected chi connectivity index (χ0v) is 15.2. The molecular formula is C20H18ClN3O2. The molecule has 0 unspecified atom stereocenters. The van der Waals surface area contributed by atoms with Gasteiger partial charge in [0.25, 0.3) is 5.91 Å². The molecule has 0 saturated heterocycles. The van der Waals surface area contributed by atoms with Crippen LogP contribution >= 0.6 is 11.6 Å². The summed E-state index contributed by atoms with van der Waals surface area (Å²) in [6.45, 7) is 1.97. The van der Waals surface area contributed by atoms with Crippen molar-refractivity contribution in [2.75, 3.05) is 17.7 Å². The number of amides is 1. The summed E-state index contributed by atoms with van der Waals surface area (Å²) in [5.41, 5.74) is 3.71. The quantitative estimate of drug-likeness (QED) is 0.662. The van der Waals surface area contributed by atoms with E-state index in [4.69, 9.17) is 16.3 Å². The third-order valence-corrected chi connectivity index (χ3v) is 4.01. The van der Waals surface area contributed by atoms with Crippen LogP contribution in [0.1, 0.15) is 16.1 Å². The summed E-state index contributed by atoms with van der Waals surface area (Å²) < 4.78 is 5.13. The van der Waals surface area contributed by atoms with E-state index >= 15 is 0 Å². The predicted molar refractivity (Wildman–Crippen MR) is 105 cm³/mol. The number of nitrogens with zero attached hydrogens (tertiary/aromatic N) is 1. The molecule has 0 bridgehead atoms. The Kier molecular flexibility index (Phi) is 5.39. The number of nitrogens with one attached hydrogen (secondary N) is 2. The van der Waals surface area contributed by atoms with Gasteiger partial charge < -0.3 is 15.4 Å². The first kappa shape index (κ1) is 17.8. The van der Waals surface area contributed by atoms with Crippen LogP contribution in [0.2, 0.25) is 5.02 Å². The van der Waals surface area contributed by atoms with E-state index in [9.17, 15) is 4.79 Å². The number of halogens is 1. The molecule has 6 heteroatoms. The number of benzene rings is 2. The number of aryl methyl sites for hydroxylation is 1. The number of rotatable bonds is 5. The molecule has 1 heterocycles. The molecule has 0 atom stereocenters. The van der Waals surface area contributed by atoms with Gasteiger partial charge >= 0.3 is 0 Å². The Morgan fingerprint density at radius 1 is 1.04 bits per heavy atom. The van der Waals surface area contributed by atoms with Gasteiger partial charge in [-0.2, -0.15) is 0 Å². The summed E-state index contributed by atoms with van der Waals surface area (Å²) in [4.78, 5) is 16.5. The van der Waals surface area contributed by atoms with Gasteiger partial charge in [-0.1, -0.05) is 23.7 Å². The fourth-order valence-electron chi connectivity index (χ4n) is 2.43. The second kappa shape index (κ2) is 7.89. The van der Waals surface area contributed by atoms with Gasteiger partial charge in [-0.15, -0.1) is 0 Å². The highest BCUT2D eigenvalue weighted by Gasteiger charge is 2.08. The molecule has 0 saturated carbocycles. The van der Waals surface area contributed by atoms with E-state index in [0.29, 0.717) is 16.5 Å². The second-order valence-corrected chi connectivity index (χ2v) is 6.14. The fourth-order valence-corrected chi connectivity index (χ4v) is 2.69. The van der Waals surface area contributed by atoms with Crippen LogP contribution in [0.25, 0.3) is 0 Å². The average molecular weight is 368 g/mol. The molecule has 0 aliphatic rings. The van der Waals surface area contributed by atoms with Crippen molar-refractivity contribution < 1.29 is 9.53 Å². The summed E-state index contributed by atoms with van der Waals surface area (Å²) in [5, 5.41) is 6.53. The standard InChI is InChI=1S/C20H18ClN3O2/c1-13-4-3-5-14(10-13)24-20(25)18-8-6-16(12-22-18)23-15-7-9-19(26-2)17(21)11-15/h3-12,23H,1-2H3,(H,24,25). The minimum absolute atomic E-state index is 0.255. The van der Waals surface area contributed by atoms with Crippen molar-refractivity contribution in [1.29, 1.82) is 0 Å². The Balaban J connectivity index is 1.68. The summed E-state index contributed by atoms with van der Waals surface area (Å²) in [6.07, 6.45) is 1.60. The fraction of sp³-hybridized carbons (Fsp3) is 0.100. The molecule has 132 valence electrons. The summed E-state index contributed by atoms with van der Waals surface area (Å²) in [7, 11) is 1.57. The topological polar surface area (TPSA) is 63.2 Å². The van der Waals surface area contributed by atoms with Gasteiger partial charge in [0.1, 0.15) is 11.4 Å². The minimum Gasteiger partial charge on any atom is -0.495 e. The molecule has 3 rings (SSSR count). The first-order chi connectivity index (χ1) is 12.5. The van der Waals surface area contributed by atoms with Crippen molar-refractivity contribution in [3.05, 3.63) is 77.1 Å². The van der Waals surface area contributed by atoms with Gasteiger partial charge in [0, 0.05) is 11.4 Å². The number of aromatic nitrogens is 1. The van der Waals surface area contributed by atoms with Crippen molar-refractivity contribution in [1.82, 2.24) is 4.98 Å². The van der Waals surface area contributed by atoms with Crippen LogP contribution in [0.15, 0.2) is 60.8 Å². The number of carbonyl (C=O) groups excluding carboxylic acids is 1. The number of hydrogen-bond donors (Lipinski definition) is 2. The second-order valence-electron chi connectivity index (χ2n) is 5.73. The molecule has 3 aromatic rings. The lowest BCUT2D eigenvalue weighted by molar-refractivity contribution is 0.102. The Morgan fingerprint density at radius 2 is 1.85 bits per heavy atom. The maximum atomic E-state index is 12.3. The summed E-state index contributed by atoms with van der Waals surface area (Å²) in [5.74, 6) is 0.355. The van der Waals surface area contributed by atoms with E-state index in [1.165, 1.54) is 0 Å². The number of carbonyl (C=O) groups is 1. The van der Waals surface area contributed by atoms with E-state index < -0.39 is 0 Å². The highest BCUT2D eigenvalue weighted by Crippen LogP contribution is 2.28. The normalized spacial score (nSPS) is 10.3. The molecular weight excluding hydrogens is 350 g/mol. The molecule has 2 aromatic carbocycles. The van der Waals surface area contributed by atoms with Crippen LogP contribution in [-0.4, -0.2) is 18.0 Å². The van der Waals surface area contributed by atoms with Gasteiger partial charge in [0.05, 0.1) is 24.0 Å². The van der Waals surface area contributed by atoms with E-state index in [-0.39, 0.29) is 5.91 Å². The molecule has 0 radical (unpaired) electrons. The Hall–Kier alpha value is -3.05. The zero-order chi connectivity index (χ0) is 18.5. The molecule has 5 nitrogen and oxygen atoms in total. The SMILES string of the molecule is COc1ccc(Nc2ccc(C(=O)Nc3cccc(C)c3)nc2)cc1Cl. The van der Waals surface area contributed by atoms with E-state index in [1.807, 2.05) is 37.3 Å². The van der Waals surface area contributed by atoms with E-state index in [2.05, 4.69) is 15.6 Å². The van der Waals surface area contributed by atoms with Crippen LogP contribution in [0.3, 0.4) is 0 Å². The molecule has 2 N–H and O–H groups in total. The largest absolute Gasteiger partial charge is 0.495 e. The van der Waals surface area contributed by atoms with Crippen LogP contribution in [0.5, 0.6) is 5.75 Å². The van der Waals surface area contributed by atoms with Gasteiger partial charge in [-0.05, 0) is 55.0 Å². The summed E-state index contributed by atoms with van der Waals surface area (Å²) >= 11 is 6.12. The van der Waals surface area contributed by atoms with Crippen molar-refractivity contribution in [3.8, 4) is 5.75 Å². The zero-order valence-electron chi connectivity index (χ0n) is 14.4. The van der Waals surface area contributed by atoms with Gasteiger partial charge in [0.2, 0.25) is 0 Å². The Labute approximate surface area is 157 Å². The summed E-state index contributed by atoms with van der Waals surface area (Å²) in [6, 6.07) is 16.5. The smallest absolute Gasteiger partial charge is 0.274 e. The Morgan fingerprint density at radius 3 is 2.50 bits per heavy atom. The van der Waals surface area contributed by atoms with Crippen molar-refractivity contribution >= 4 is 34.6 Å². The number of methoxy groups -OCH3 is 1. The number of hydrogen-bond acceptors (Lipinski definition) is 4. The average Bonchev–Trinajstić information content (AvgIpc) is 2.62. The third-order valence-electron chi connectivity index (χ3n) is 3.71. The van der Waals surface area contributed by atoms with Crippen LogP contribution in [0, 0.1) is 6.92 Å². The third kappa shape index (κ3) is 4.32. The van der Waals surface area contributed by atoms with E-state index in [1.54, 1.807) is 37.6 Å². The van der Waals surface area contributed by atoms with Crippen molar-refractivity contribution in [3.63, 3.8) is 0 Å².